The van der Waals surface area contributed by atoms with Crippen LogP contribution in [0, 0.1) is 0 Å². The Labute approximate surface area is 126 Å². The number of nitrogen functional groups attached to an aromatic ring is 1. The lowest BCUT2D eigenvalue weighted by atomic mass is 10.1. The molecule has 2 nitrogen and oxygen atoms in total. The van der Waals surface area contributed by atoms with Gasteiger partial charge in [0, 0.05) is 24.6 Å². The maximum atomic E-state index is 5.93. The summed E-state index contributed by atoms with van der Waals surface area (Å²) < 4.78 is 0. The van der Waals surface area contributed by atoms with Gasteiger partial charge in [0.1, 0.15) is 0 Å². The summed E-state index contributed by atoms with van der Waals surface area (Å²) >= 11 is 0. The Hall–Kier alpha value is -0.740. The van der Waals surface area contributed by atoms with E-state index in [4.69, 9.17) is 5.73 Å². The number of allylic oxidation sites excluding steroid dienone is 1. The van der Waals surface area contributed by atoms with E-state index in [-0.39, 0.29) is 1.43 Å². The number of anilines is 1. The van der Waals surface area contributed by atoms with Crippen molar-refractivity contribution in [2.24, 2.45) is 0 Å². The van der Waals surface area contributed by atoms with Crippen LogP contribution in [0.4, 0.5) is 5.69 Å². The van der Waals surface area contributed by atoms with Gasteiger partial charge in [0.15, 0.2) is 0 Å². The van der Waals surface area contributed by atoms with E-state index in [1.54, 1.807) is 0 Å². The lowest BCUT2D eigenvalue weighted by Crippen LogP contribution is -2.23. The van der Waals surface area contributed by atoms with Gasteiger partial charge in [-0.2, -0.15) is 0 Å². The van der Waals surface area contributed by atoms with Gasteiger partial charge in [-0.3, -0.25) is 0 Å². The molecule has 0 saturated heterocycles. The van der Waals surface area contributed by atoms with Crippen molar-refractivity contribution in [3.05, 3.63) is 42.1 Å². The highest BCUT2D eigenvalue weighted by atomic mass is 33.1. The molecule has 0 bridgehead atoms. The average Bonchev–Trinajstić information content (AvgIpc) is 2.42. The highest BCUT2D eigenvalue weighted by Crippen LogP contribution is 2.25. The molecule has 1 rings (SSSR count). The molecule has 108 valence electrons. The topological polar surface area (TPSA) is 38.0 Å². The van der Waals surface area contributed by atoms with E-state index in [1.807, 2.05) is 39.8 Å². The van der Waals surface area contributed by atoms with Crippen molar-refractivity contribution in [1.29, 1.82) is 0 Å². The molecular weight excluding hydrogens is 272 g/mol. The summed E-state index contributed by atoms with van der Waals surface area (Å²) in [5.74, 6) is 0. The summed E-state index contributed by atoms with van der Waals surface area (Å²) in [6.07, 6.45) is 5.19. The zero-order valence-corrected chi connectivity index (χ0v) is 13.4. The summed E-state index contributed by atoms with van der Waals surface area (Å²) in [5.41, 5.74) is 9.11. The normalized spacial score (nSPS) is 12.1. The van der Waals surface area contributed by atoms with Gasteiger partial charge in [-0.25, -0.2) is 0 Å². The van der Waals surface area contributed by atoms with Gasteiger partial charge in [-0.1, -0.05) is 53.3 Å². The summed E-state index contributed by atoms with van der Waals surface area (Å²) in [6, 6.07) is 8.04. The molecule has 1 atom stereocenters. The molecule has 19 heavy (non-hydrogen) atoms. The van der Waals surface area contributed by atoms with Crippen LogP contribution in [0.25, 0.3) is 0 Å². The number of hydrogen-bond acceptors (Lipinski definition) is 4. The Morgan fingerprint density at radius 1 is 1.47 bits per heavy atom. The molecule has 1 aromatic carbocycles. The second-order valence-electron chi connectivity index (χ2n) is 4.48. The van der Waals surface area contributed by atoms with E-state index in [0.29, 0.717) is 5.25 Å². The quantitative estimate of drug-likeness (QED) is 0.525. The molecule has 0 spiro atoms. The smallest absolute Gasteiger partial charge is 0.0346 e. The van der Waals surface area contributed by atoms with Crippen molar-refractivity contribution >= 4 is 27.3 Å². The van der Waals surface area contributed by atoms with E-state index in [9.17, 15) is 0 Å². The van der Waals surface area contributed by atoms with Crippen LogP contribution < -0.4 is 11.1 Å². The van der Waals surface area contributed by atoms with Crippen LogP contribution in [-0.2, 0) is 6.42 Å². The molecular formula is C15H26N2S2. The van der Waals surface area contributed by atoms with E-state index in [1.165, 1.54) is 12.0 Å². The third kappa shape index (κ3) is 6.30. The first-order chi connectivity index (χ1) is 9.17. The zero-order valence-electron chi connectivity index (χ0n) is 11.8. The second kappa shape index (κ2) is 9.21. The summed E-state index contributed by atoms with van der Waals surface area (Å²) in [7, 11) is 3.76. The van der Waals surface area contributed by atoms with Crippen LogP contribution in [0.2, 0.25) is 0 Å². The van der Waals surface area contributed by atoms with E-state index >= 15 is 0 Å². The maximum absolute atomic E-state index is 5.93. The minimum Gasteiger partial charge on any atom is -0.399 e. The molecule has 0 aliphatic rings. The van der Waals surface area contributed by atoms with Gasteiger partial charge in [-0.05, 0) is 37.1 Å². The molecule has 1 aromatic rings. The predicted molar refractivity (Wildman–Crippen MR) is 93.6 cm³/mol. The molecule has 3 N–H and O–H groups in total. The van der Waals surface area contributed by atoms with Gasteiger partial charge >= 0.3 is 0 Å². The van der Waals surface area contributed by atoms with E-state index in [2.05, 4.69) is 31.1 Å². The number of benzene rings is 1. The van der Waals surface area contributed by atoms with Crippen molar-refractivity contribution < 1.29 is 1.43 Å². The highest BCUT2D eigenvalue weighted by Gasteiger charge is 2.06. The van der Waals surface area contributed by atoms with Crippen molar-refractivity contribution in [1.82, 2.24) is 5.32 Å². The minimum absolute atomic E-state index is 0. The van der Waals surface area contributed by atoms with Crippen LogP contribution in [0.5, 0.6) is 0 Å². The Morgan fingerprint density at radius 3 is 2.84 bits per heavy atom. The SMILES string of the molecule is C=C(CCc1ccccc1N)NC[C@H](CC)SSC.[HH]. The Morgan fingerprint density at radius 2 is 2.21 bits per heavy atom. The Kier molecular flexibility index (Phi) is 7.91. The lowest BCUT2D eigenvalue weighted by Gasteiger charge is -2.16. The van der Waals surface area contributed by atoms with Crippen molar-refractivity contribution in [2.75, 3.05) is 18.5 Å². The lowest BCUT2D eigenvalue weighted by molar-refractivity contribution is 0.700. The monoisotopic (exact) mass is 298 g/mol. The van der Waals surface area contributed by atoms with Crippen LogP contribution in [-0.4, -0.2) is 18.1 Å². The fraction of sp³-hybridized carbons (Fsp3) is 0.467. The second-order valence-corrected chi connectivity index (χ2v) is 7.25. The molecule has 0 aliphatic carbocycles. The van der Waals surface area contributed by atoms with Gasteiger partial charge in [0.25, 0.3) is 0 Å². The standard InChI is InChI=1S/C15H24N2S2.H2/c1-4-14(19-18-3)11-17-12(2)9-10-13-7-5-6-8-15(13)16;/h5-8,14,17H,2,4,9-11,16H2,1,3H3;1H/t14-;/m0./s1. The largest absolute Gasteiger partial charge is 0.399 e. The van der Waals surface area contributed by atoms with E-state index in [0.717, 1.165) is 30.8 Å². The molecule has 0 fully saturated rings. The molecule has 0 aliphatic heterocycles. The summed E-state index contributed by atoms with van der Waals surface area (Å²) in [5, 5.41) is 4.09. The summed E-state index contributed by atoms with van der Waals surface area (Å²) in [6.45, 7) is 7.31. The third-order valence-electron chi connectivity index (χ3n) is 3.02. The zero-order chi connectivity index (χ0) is 14.1. The molecule has 0 amide bonds. The first-order valence-electron chi connectivity index (χ1n) is 6.61. The van der Waals surface area contributed by atoms with Crippen molar-refractivity contribution in [3.63, 3.8) is 0 Å². The fourth-order valence-corrected chi connectivity index (χ4v) is 3.76. The van der Waals surface area contributed by atoms with Crippen molar-refractivity contribution in [3.8, 4) is 0 Å². The van der Waals surface area contributed by atoms with Crippen molar-refractivity contribution in [2.45, 2.75) is 31.4 Å². The number of aryl methyl sites for hydroxylation is 1. The number of para-hydroxylation sites is 1. The van der Waals surface area contributed by atoms with Crippen LogP contribution in [0.15, 0.2) is 36.5 Å². The average molecular weight is 299 g/mol. The Balaban J connectivity index is 0.00000361. The molecule has 0 aromatic heterocycles. The first-order valence-corrected chi connectivity index (χ1v) is 9.24. The number of hydrogen-bond donors (Lipinski definition) is 2. The highest BCUT2D eigenvalue weighted by molar-refractivity contribution is 8.76. The molecule has 0 heterocycles. The van der Waals surface area contributed by atoms with Gasteiger partial charge in [0.05, 0.1) is 0 Å². The molecule has 4 heteroatoms. The molecule has 0 saturated carbocycles. The number of nitrogens with two attached hydrogens (primary N) is 1. The maximum Gasteiger partial charge on any atom is 0.0346 e. The fourth-order valence-electron chi connectivity index (χ4n) is 1.78. The number of rotatable bonds is 9. The van der Waals surface area contributed by atoms with Crippen LogP contribution in [0.1, 0.15) is 26.8 Å². The molecule has 0 radical (unpaired) electrons. The summed E-state index contributed by atoms with van der Waals surface area (Å²) in [4.78, 5) is 0. The first kappa shape index (κ1) is 16.3. The molecule has 0 unspecified atom stereocenters. The van der Waals surface area contributed by atoms with Gasteiger partial charge < -0.3 is 11.1 Å². The minimum atomic E-state index is 0. The van der Waals surface area contributed by atoms with Crippen LogP contribution >= 0.6 is 21.6 Å². The number of nitrogens with one attached hydrogen (secondary N) is 1. The van der Waals surface area contributed by atoms with Gasteiger partial charge in [0.2, 0.25) is 0 Å². The van der Waals surface area contributed by atoms with E-state index < -0.39 is 0 Å². The third-order valence-corrected chi connectivity index (χ3v) is 5.38. The van der Waals surface area contributed by atoms with Crippen LogP contribution in [0.3, 0.4) is 0 Å². The van der Waals surface area contributed by atoms with Gasteiger partial charge in [-0.15, -0.1) is 0 Å². The Bertz CT molecular complexity index is 399. The predicted octanol–water partition coefficient (Wildman–Crippen LogP) is 4.34.